The van der Waals surface area contributed by atoms with Gasteiger partial charge in [-0.1, -0.05) is 26.0 Å². The number of benzene rings is 1. The van der Waals surface area contributed by atoms with Gasteiger partial charge in [0.25, 0.3) is 0 Å². The number of hydrogen-bond donors (Lipinski definition) is 1. The molecule has 0 aliphatic carbocycles. The third-order valence-electron chi connectivity index (χ3n) is 3.10. The minimum atomic E-state index is -0.189. The Morgan fingerprint density at radius 1 is 1.22 bits per heavy atom. The van der Waals surface area contributed by atoms with Crippen molar-refractivity contribution in [1.29, 1.82) is 0 Å². The molecule has 1 aromatic rings. The van der Waals surface area contributed by atoms with Gasteiger partial charge in [0.05, 0.1) is 0 Å². The molecule has 2 atom stereocenters. The summed E-state index contributed by atoms with van der Waals surface area (Å²) in [6.45, 7) is 8.31. The summed E-state index contributed by atoms with van der Waals surface area (Å²) in [7, 11) is 0. The highest BCUT2D eigenvalue weighted by Gasteiger charge is 2.23. The van der Waals surface area contributed by atoms with Crippen LogP contribution in [0.3, 0.4) is 0 Å². The molecule has 1 aromatic carbocycles. The van der Waals surface area contributed by atoms with Crippen LogP contribution in [0.5, 0.6) is 0 Å². The molecule has 2 nitrogen and oxygen atoms in total. The van der Waals surface area contributed by atoms with Gasteiger partial charge in [-0.15, -0.1) is 0 Å². The fourth-order valence-corrected chi connectivity index (χ4v) is 2.50. The van der Waals surface area contributed by atoms with Crippen LogP contribution in [0.1, 0.15) is 45.2 Å². The lowest BCUT2D eigenvalue weighted by atomic mass is 9.98. The van der Waals surface area contributed by atoms with E-state index >= 15 is 0 Å². The fourth-order valence-electron chi connectivity index (χ4n) is 2.50. The zero-order chi connectivity index (χ0) is 13.5. The Hall–Kier alpha value is -0.930. The first-order valence-corrected chi connectivity index (χ1v) is 6.85. The molecule has 0 radical (unpaired) electrons. The molecule has 18 heavy (non-hydrogen) atoms. The predicted molar refractivity (Wildman–Crippen MR) is 74.9 cm³/mol. The molecule has 0 aliphatic heterocycles. The van der Waals surface area contributed by atoms with Crippen LogP contribution in [0.25, 0.3) is 0 Å². The molecule has 3 heteroatoms. The molecule has 0 amide bonds. The lowest BCUT2D eigenvalue weighted by Gasteiger charge is -2.34. The molecule has 2 N–H and O–H groups in total. The van der Waals surface area contributed by atoms with E-state index in [2.05, 4.69) is 18.7 Å². The van der Waals surface area contributed by atoms with Gasteiger partial charge in [0.1, 0.15) is 5.82 Å². The Bertz CT molecular complexity index is 346. The first-order valence-electron chi connectivity index (χ1n) is 6.85. The number of halogens is 1. The summed E-state index contributed by atoms with van der Waals surface area (Å²) in [6.07, 6.45) is 2.16. The van der Waals surface area contributed by atoms with Gasteiger partial charge in [-0.2, -0.15) is 0 Å². The van der Waals surface area contributed by atoms with Crippen molar-refractivity contribution in [3.05, 3.63) is 35.6 Å². The third kappa shape index (κ3) is 4.07. The first-order chi connectivity index (χ1) is 8.60. The molecule has 0 bridgehead atoms. The Balaban J connectivity index is 2.99. The summed E-state index contributed by atoms with van der Waals surface area (Å²) < 4.78 is 13.4. The highest BCUT2D eigenvalue weighted by atomic mass is 19.1. The van der Waals surface area contributed by atoms with Crippen LogP contribution in [0, 0.1) is 5.82 Å². The number of nitrogens with two attached hydrogens (primary N) is 1. The number of hydrogen-bond acceptors (Lipinski definition) is 2. The quantitative estimate of drug-likeness (QED) is 0.806. The summed E-state index contributed by atoms with van der Waals surface area (Å²) in [6, 6.07) is 6.90. The molecular formula is C15H25FN2. The van der Waals surface area contributed by atoms with Gasteiger partial charge in [-0.05, 0) is 50.6 Å². The van der Waals surface area contributed by atoms with Crippen molar-refractivity contribution < 1.29 is 4.39 Å². The number of nitrogens with zero attached hydrogens (tertiary/aromatic N) is 1. The van der Waals surface area contributed by atoms with E-state index in [9.17, 15) is 4.39 Å². The van der Waals surface area contributed by atoms with Crippen LogP contribution in [-0.2, 0) is 0 Å². The van der Waals surface area contributed by atoms with E-state index in [0.29, 0.717) is 0 Å². The maximum atomic E-state index is 13.4. The largest absolute Gasteiger partial charge is 0.326 e. The average molecular weight is 252 g/mol. The van der Waals surface area contributed by atoms with Crippen molar-refractivity contribution in [2.45, 2.75) is 45.7 Å². The van der Waals surface area contributed by atoms with Crippen molar-refractivity contribution in [1.82, 2.24) is 4.90 Å². The van der Waals surface area contributed by atoms with E-state index in [1.807, 2.05) is 13.0 Å². The SMILES string of the molecule is CCCN(CCC)C(c1cccc(F)c1)C(C)N. The lowest BCUT2D eigenvalue weighted by Crippen LogP contribution is -2.40. The van der Waals surface area contributed by atoms with Gasteiger partial charge in [-0.3, -0.25) is 4.90 Å². The van der Waals surface area contributed by atoms with Crippen LogP contribution in [0.2, 0.25) is 0 Å². The van der Waals surface area contributed by atoms with E-state index in [4.69, 9.17) is 5.73 Å². The highest BCUT2D eigenvalue weighted by molar-refractivity contribution is 5.21. The van der Waals surface area contributed by atoms with Crippen molar-refractivity contribution in [3.8, 4) is 0 Å². The van der Waals surface area contributed by atoms with Crippen LogP contribution in [-0.4, -0.2) is 24.0 Å². The molecule has 102 valence electrons. The molecule has 0 saturated carbocycles. The van der Waals surface area contributed by atoms with E-state index in [1.165, 1.54) is 6.07 Å². The zero-order valence-corrected chi connectivity index (χ0v) is 11.7. The zero-order valence-electron chi connectivity index (χ0n) is 11.7. The molecule has 1 rings (SSSR count). The summed E-state index contributed by atoms with van der Waals surface area (Å²) in [5.74, 6) is -0.189. The average Bonchev–Trinajstić information content (AvgIpc) is 2.29. The molecule has 0 fully saturated rings. The van der Waals surface area contributed by atoms with Crippen molar-refractivity contribution in [2.24, 2.45) is 5.73 Å². The molecule has 0 aliphatic rings. The maximum Gasteiger partial charge on any atom is 0.123 e. The minimum Gasteiger partial charge on any atom is -0.326 e. The summed E-state index contributed by atoms with van der Waals surface area (Å²) in [5, 5.41) is 0. The van der Waals surface area contributed by atoms with Crippen molar-refractivity contribution in [2.75, 3.05) is 13.1 Å². The Morgan fingerprint density at radius 2 is 1.83 bits per heavy atom. The lowest BCUT2D eigenvalue weighted by molar-refractivity contribution is 0.176. The second-order valence-corrected chi connectivity index (χ2v) is 4.89. The predicted octanol–water partition coefficient (Wildman–Crippen LogP) is 3.34. The summed E-state index contributed by atoms with van der Waals surface area (Å²) in [4.78, 5) is 2.36. The van der Waals surface area contributed by atoms with Gasteiger partial charge in [-0.25, -0.2) is 4.39 Å². The third-order valence-corrected chi connectivity index (χ3v) is 3.10. The second-order valence-electron chi connectivity index (χ2n) is 4.89. The highest BCUT2D eigenvalue weighted by Crippen LogP contribution is 2.24. The van der Waals surface area contributed by atoms with E-state index in [1.54, 1.807) is 12.1 Å². The molecule has 0 saturated heterocycles. The van der Waals surface area contributed by atoms with E-state index < -0.39 is 0 Å². The van der Waals surface area contributed by atoms with Gasteiger partial charge < -0.3 is 5.73 Å². The fraction of sp³-hybridized carbons (Fsp3) is 0.600. The standard InChI is InChI=1S/C15H25FN2/c1-4-9-18(10-5-2)15(12(3)17)13-7-6-8-14(16)11-13/h6-8,11-12,15H,4-5,9-10,17H2,1-3H3. The number of rotatable bonds is 7. The smallest absolute Gasteiger partial charge is 0.123 e. The van der Waals surface area contributed by atoms with E-state index in [-0.39, 0.29) is 17.9 Å². The van der Waals surface area contributed by atoms with Gasteiger partial charge >= 0.3 is 0 Å². The Kier molecular flexibility index (Phi) is 6.30. The Morgan fingerprint density at radius 3 is 2.28 bits per heavy atom. The summed E-state index contributed by atoms with van der Waals surface area (Å²) >= 11 is 0. The van der Waals surface area contributed by atoms with Crippen LogP contribution in [0.15, 0.2) is 24.3 Å². The molecule has 0 spiro atoms. The minimum absolute atomic E-state index is 0.00935. The first kappa shape index (κ1) is 15.1. The second kappa shape index (κ2) is 7.49. The van der Waals surface area contributed by atoms with Crippen LogP contribution < -0.4 is 5.73 Å². The van der Waals surface area contributed by atoms with Gasteiger partial charge in [0, 0.05) is 12.1 Å². The molecule has 0 heterocycles. The maximum absolute atomic E-state index is 13.4. The summed E-state index contributed by atoms with van der Waals surface area (Å²) in [5.41, 5.74) is 7.09. The van der Waals surface area contributed by atoms with Gasteiger partial charge in [0.2, 0.25) is 0 Å². The van der Waals surface area contributed by atoms with Crippen LogP contribution >= 0.6 is 0 Å². The molecule has 0 aromatic heterocycles. The van der Waals surface area contributed by atoms with E-state index in [0.717, 1.165) is 31.5 Å². The normalized spacial score (nSPS) is 14.8. The molecule has 2 unspecified atom stereocenters. The Labute approximate surface area is 110 Å². The monoisotopic (exact) mass is 252 g/mol. The van der Waals surface area contributed by atoms with Gasteiger partial charge in [0.15, 0.2) is 0 Å². The topological polar surface area (TPSA) is 29.3 Å². The molecular weight excluding hydrogens is 227 g/mol. The van der Waals surface area contributed by atoms with Crippen molar-refractivity contribution >= 4 is 0 Å². The van der Waals surface area contributed by atoms with Crippen LogP contribution in [0.4, 0.5) is 4.39 Å². The van der Waals surface area contributed by atoms with Crippen molar-refractivity contribution in [3.63, 3.8) is 0 Å².